The van der Waals surface area contributed by atoms with E-state index in [1.165, 1.54) is 29.2 Å². The molecule has 0 spiro atoms. The number of amides is 3. The van der Waals surface area contributed by atoms with Crippen LogP contribution in [0.3, 0.4) is 0 Å². The maximum atomic E-state index is 13.1. The molecule has 7 heteroatoms. The van der Waals surface area contributed by atoms with Crippen LogP contribution in [0.15, 0.2) is 48.5 Å². The normalized spacial score (nSPS) is 19.2. The first kappa shape index (κ1) is 20.1. The Kier molecular flexibility index (Phi) is 5.79. The number of carbonyl (C=O) groups excluding carboxylic acids is 3. The van der Waals surface area contributed by atoms with Gasteiger partial charge in [-0.3, -0.25) is 14.4 Å². The van der Waals surface area contributed by atoms with Crippen molar-refractivity contribution in [3.05, 3.63) is 59.9 Å². The largest absolute Gasteiger partial charge is 0.349 e. The van der Waals surface area contributed by atoms with Gasteiger partial charge in [0.05, 0.1) is 17.2 Å². The Bertz CT molecular complexity index is 954. The minimum Gasteiger partial charge on any atom is -0.349 e. The highest BCUT2D eigenvalue weighted by atomic mass is 19.1. The molecule has 1 saturated carbocycles. The molecule has 156 valence electrons. The number of rotatable bonds is 5. The van der Waals surface area contributed by atoms with Crippen molar-refractivity contribution >= 4 is 29.1 Å². The van der Waals surface area contributed by atoms with Gasteiger partial charge in [-0.1, -0.05) is 25.0 Å². The lowest BCUT2D eigenvalue weighted by Crippen LogP contribution is -2.34. The van der Waals surface area contributed by atoms with Gasteiger partial charge >= 0.3 is 0 Å². The number of nitrogens with one attached hydrogen (secondary N) is 2. The number of nitrogens with zero attached hydrogens (tertiary/aromatic N) is 1. The van der Waals surface area contributed by atoms with Crippen LogP contribution in [0.25, 0.3) is 0 Å². The fraction of sp³-hybridized carbons (Fsp3) is 0.348. The van der Waals surface area contributed by atoms with Gasteiger partial charge in [0.25, 0.3) is 5.91 Å². The first-order chi connectivity index (χ1) is 14.5. The van der Waals surface area contributed by atoms with Crippen molar-refractivity contribution in [2.24, 2.45) is 5.92 Å². The van der Waals surface area contributed by atoms with E-state index in [0.29, 0.717) is 16.9 Å². The molecular weight excluding hydrogens is 385 g/mol. The molecule has 0 aromatic heterocycles. The van der Waals surface area contributed by atoms with Gasteiger partial charge in [-0.2, -0.15) is 0 Å². The molecule has 1 saturated heterocycles. The summed E-state index contributed by atoms with van der Waals surface area (Å²) in [7, 11) is 0. The second kappa shape index (κ2) is 8.65. The van der Waals surface area contributed by atoms with Crippen LogP contribution in [-0.2, 0) is 9.59 Å². The molecule has 6 nitrogen and oxygen atoms in total. The zero-order valence-corrected chi connectivity index (χ0v) is 16.6. The Labute approximate surface area is 174 Å². The van der Waals surface area contributed by atoms with Crippen molar-refractivity contribution < 1.29 is 18.8 Å². The third kappa shape index (κ3) is 4.35. The summed E-state index contributed by atoms with van der Waals surface area (Å²) in [5, 5.41) is 5.86. The molecule has 1 heterocycles. The van der Waals surface area contributed by atoms with Crippen molar-refractivity contribution in [2.75, 3.05) is 16.8 Å². The number of para-hydroxylation sites is 1. The highest BCUT2D eigenvalue weighted by Gasteiger charge is 2.35. The van der Waals surface area contributed by atoms with Gasteiger partial charge in [0.2, 0.25) is 11.8 Å². The maximum absolute atomic E-state index is 13.1. The van der Waals surface area contributed by atoms with Crippen molar-refractivity contribution in [1.82, 2.24) is 5.32 Å². The smallest absolute Gasteiger partial charge is 0.253 e. The van der Waals surface area contributed by atoms with Gasteiger partial charge in [-0.15, -0.1) is 0 Å². The molecule has 1 atom stereocenters. The number of halogens is 1. The lowest BCUT2D eigenvalue weighted by atomic mass is 10.1. The lowest BCUT2D eigenvalue weighted by molar-refractivity contribution is -0.122. The van der Waals surface area contributed by atoms with Crippen molar-refractivity contribution in [2.45, 2.75) is 38.1 Å². The van der Waals surface area contributed by atoms with Crippen LogP contribution in [0.1, 0.15) is 42.5 Å². The topological polar surface area (TPSA) is 78.5 Å². The van der Waals surface area contributed by atoms with Gasteiger partial charge < -0.3 is 15.5 Å². The molecular formula is C23H24FN3O3. The zero-order chi connectivity index (χ0) is 21.1. The summed E-state index contributed by atoms with van der Waals surface area (Å²) < 4.78 is 13.1. The van der Waals surface area contributed by atoms with E-state index in [0.717, 1.165) is 25.7 Å². The summed E-state index contributed by atoms with van der Waals surface area (Å²) in [4.78, 5) is 39.4. The first-order valence-corrected chi connectivity index (χ1v) is 10.3. The first-order valence-electron chi connectivity index (χ1n) is 10.3. The average molecular weight is 409 g/mol. The van der Waals surface area contributed by atoms with Gasteiger partial charge in [0.15, 0.2) is 0 Å². The Morgan fingerprint density at radius 3 is 2.43 bits per heavy atom. The van der Waals surface area contributed by atoms with E-state index in [-0.39, 0.29) is 42.5 Å². The SMILES string of the molecule is O=C(NC1CCCC1)c1ccccc1NC(=O)[C@H]1CC(=O)N(c2ccc(F)cc2)C1. The highest BCUT2D eigenvalue weighted by molar-refractivity contribution is 6.07. The van der Waals surface area contributed by atoms with Crippen LogP contribution in [0.2, 0.25) is 0 Å². The minimum atomic E-state index is -0.548. The molecule has 0 bridgehead atoms. The number of benzene rings is 2. The fourth-order valence-electron chi connectivity index (χ4n) is 4.11. The van der Waals surface area contributed by atoms with Gasteiger partial charge in [-0.25, -0.2) is 4.39 Å². The van der Waals surface area contributed by atoms with E-state index in [4.69, 9.17) is 0 Å². The van der Waals surface area contributed by atoms with E-state index >= 15 is 0 Å². The predicted octanol–water partition coefficient (Wildman–Crippen LogP) is 3.49. The van der Waals surface area contributed by atoms with Crippen LogP contribution >= 0.6 is 0 Å². The zero-order valence-electron chi connectivity index (χ0n) is 16.6. The molecule has 2 fully saturated rings. The standard InChI is InChI=1S/C23H24FN3O3/c24-16-9-11-18(12-10-16)27-14-15(13-21(27)28)22(29)26-20-8-4-3-7-19(20)23(30)25-17-5-1-2-6-17/h3-4,7-12,15,17H,1-2,5-6,13-14H2,(H,25,30)(H,26,29)/t15-/m0/s1. The van der Waals surface area contributed by atoms with E-state index in [9.17, 15) is 18.8 Å². The molecule has 2 aliphatic rings. The minimum absolute atomic E-state index is 0.0691. The summed E-state index contributed by atoms with van der Waals surface area (Å²) in [5.74, 6) is -1.63. The highest BCUT2D eigenvalue weighted by Crippen LogP contribution is 2.27. The predicted molar refractivity (Wildman–Crippen MR) is 112 cm³/mol. The Morgan fingerprint density at radius 1 is 1.00 bits per heavy atom. The molecule has 1 aliphatic carbocycles. The number of carbonyl (C=O) groups is 3. The van der Waals surface area contributed by atoms with Crippen LogP contribution < -0.4 is 15.5 Å². The van der Waals surface area contributed by atoms with E-state index in [2.05, 4.69) is 10.6 Å². The Morgan fingerprint density at radius 2 is 1.70 bits per heavy atom. The number of hydrogen-bond acceptors (Lipinski definition) is 3. The summed E-state index contributed by atoms with van der Waals surface area (Å²) in [5.41, 5.74) is 1.41. The van der Waals surface area contributed by atoms with E-state index in [1.807, 2.05) is 0 Å². The Balaban J connectivity index is 1.43. The Hall–Kier alpha value is -3.22. The van der Waals surface area contributed by atoms with Gasteiger partial charge in [0.1, 0.15) is 5.82 Å². The van der Waals surface area contributed by atoms with Crippen molar-refractivity contribution in [1.29, 1.82) is 0 Å². The molecule has 2 aromatic carbocycles. The second-order valence-corrected chi connectivity index (χ2v) is 7.87. The molecule has 3 amide bonds. The molecule has 4 rings (SSSR count). The van der Waals surface area contributed by atoms with Crippen LogP contribution in [0, 0.1) is 11.7 Å². The summed E-state index contributed by atoms with van der Waals surface area (Å²) in [6, 6.07) is 12.7. The number of hydrogen-bond donors (Lipinski definition) is 2. The molecule has 0 radical (unpaired) electrons. The molecule has 1 aliphatic heterocycles. The van der Waals surface area contributed by atoms with Crippen LogP contribution in [0.5, 0.6) is 0 Å². The molecule has 2 N–H and O–H groups in total. The maximum Gasteiger partial charge on any atom is 0.253 e. The third-order valence-corrected chi connectivity index (χ3v) is 5.75. The average Bonchev–Trinajstić information content (AvgIpc) is 3.38. The lowest BCUT2D eigenvalue weighted by Gasteiger charge is -2.18. The van der Waals surface area contributed by atoms with Crippen molar-refractivity contribution in [3.63, 3.8) is 0 Å². The van der Waals surface area contributed by atoms with E-state index in [1.54, 1.807) is 24.3 Å². The van der Waals surface area contributed by atoms with E-state index < -0.39 is 5.92 Å². The second-order valence-electron chi connectivity index (χ2n) is 7.87. The molecule has 30 heavy (non-hydrogen) atoms. The van der Waals surface area contributed by atoms with Crippen LogP contribution in [-0.4, -0.2) is 30.3 Å². The number of anilines is 2. The fourth-order valence-corrected chi connectivity index (χ4v) is 4.11. The van der Waals surface area contributed by atoms with Crippen molar-refractivity contribution in [3.8, 4) is 0 Å². The quantitative estimate of drug-likeness (QED) is 0.794. The van der Waals surface area contributed by atoms with Crippen LogP contribution in [0.4, 0.5) is 15.8 Å². The molecule has 2 aromatic rings. The monoisotopic (exact) mass is 409 g/mol. The summed E-state index contributed by atoms with van der Waals surface area (Å²) in [6.07, 6.45) is 4.25. The third-order valence-electron chi connectivity index (χ3n) is 5.75. The summed E-state index contributed by atoms with van der Waals surface area (Å²) >= 11 is 0. The molecule has 0 unspecified atom stereocenters. The summed E-state index contributed by atoms with van der Waals surface area (Å²) in [6.45, 7) is 0.215. The van der Waals surface area contributed by atoms with Gasteiger partial charge in [-0.05, 0) is 49.2 Å². The van der Waals surface area contributed by atoms with Gasteiger partial charge in [0, 0.05) is 24.7 Å².